The molecule has 2 saturated carbocycles. The number of hydrogen-bond donors (Lipinski definition) is 1. The highest BCUT2D eigenvalue weighted by Crippen LogP contribution is 2.40. The summed E-state index contributed by atoms with van der Waals surface area (Å²) < 4.78 is 22.6. The molecule has 0 amide bonds. The zero-order chi connectivity index (χ0) is 48.0. The first-order chi connectivity index (χ1) is 32.1. The molecule has 0 radical (unpaired) electrons. The molecule has 4 fully saturated rings. The molecule has 8 rings (SSSR count). The number of benzene rings is 2. The van der Waals surface area contributed by atoms with Gasteiger partial charge in [0.05, 0.1) is 43.0 Å². The molecule has 4 aromatic rings. The summed E-state index contributed by atoms with van der Waals surface area (Å²) >= 11 is 0. The fraction of sp³-hybridized carbons (Fsp3) is 0.625. The Bertz CT molecular complexity index is 2190. The molecule has 0 atom stereocenters. The van der Waals surface area contributed by atoms with E-state index in [1.165, 1.54) is 31.1 Å². The fourth-order valence-corrected chi connectivity index (χ4v) is 10.2. The summed E-state index contributed by atoms with van der Waals surface area (Å²) in [5.74, 6) is 3.59. The van der Waals surface area contributed by atoms with Gasteiger partial charge in [0.1, 0.15) is 17.2 Å². The van der Waals surface area contributed by atoms with Gasteiger partial charge in [0.2, 0.25) is 0 Å². The van der Waals surface area contributed by atoms with Gasteiger partial charge in [0, 0.05) is 29.7 Å². The summed E-state index contributed by atoms with van der Waals surface area (Å²) in [5.41, 5.74) is 2.34. The Kier molecular flexibility index (Phi) is 19.0. The van der Waals surface area contributed by atoms with Gasteiger partial charge in [-0.25, -0.2) is 0 Å². The van der Waals surface area contributed by atoms with E-state index in [2.05, 4.69) is 81.0 Å². The van der Waals surface area contributed by atoms with Crippen LogP contribution in [0.5, 0.6) is 11.5 Å². The van der Waals surface area contributed by atoms with E-state index < -0.39 is 0 Å². The highest BCUT2D eigenvalue weighted by atomic mass is 16.5. The smallest absolute Gasteiger partial charge is 0.309 e. The quantitative estimate of drug-likeness (QED) is 0.114. The van der Waals surface area contributed by atoms with Crippen LogP contribution in [0.1, 0.15) is 149 Å². The van der Waals surface area contributed by atoms with Crippen LogP contribution < -0.4 is 14.8 Å². The minimum absolute atomic E-state index is 0.0194. The Morgan fingerprint density at radius 1 is 0.612 bits per heavy atom. The van der Waals surface area contributed by atoms with E-state index in [9.17, 15) is 14.4 Å². The van der Waals surface area contributed by atoms with Gasteiger partial charge in [-0.3, -0.25) is 29.3 Å². The molecule has 11 nitrogen and oxygen atoms in total. The summed E-state index contributed by atoms with van der Waals surface area (Å²) in [6.45, 7) is 23.3. The van der Waals surface area contributed by atoms with Crippen molar-refractivity contribution in [3.8, 4) is 11.5 Å². The van der Waals surface area contributed by atoms with Crippen LogP contribution in [-0.4, -0.2) is 84.7 Å². The first-order valence-corrected chi connectivity index (χ1v) is 25.4. The van der Waals surface area contributed by atoms with Gasteiger partial charge < -0.3 is 24.3 Å². The van der Waals surface area contributed by atoms with Gasteiger partial charge in [0.25, 0.3) is 0 Å². The van der Waals surface area contributed by atoms with Gasteiger partial charge >= 0.3 is 11.9 Å². The molecule has 2 saturated heterocycles. The number of nitrogens with one attached hydrogen (secondary N) is 1. The second-order valence-corrected chi connectivity index (χ2v) is 21.4. The molecule has 2 aliphatic carbocycles. The third-order valence-corrected chi connectivity index (χ3v) is 14.5. The molecule has 2 aliphatic heterocycles. The highest BCUT2D eigenvalue weighted by molar-refractivity contribution is 5.87. The molecule has 11 heteroatoms. The van der Waals surface area contributed by atoms with Crippen LogP contribution in [0, 0.1) is 34.5 Å². The Morgan fingerprint density at radius 3 is 1.54 bits per heavy atom. The van der Waals surface area contributed by atoms with Gasteiger partial charge in [-0.1, -0.05) is 53.7 Å². The van der Waals surface area contributed by atoms with Crippen molar-refractivity contribution in [1.29, 1.82) is 0 Å². The van der Waals surface area contributed by atoms with E-state index in [1.807, 2.05) is 38.2 Å². The van der Waals surface area contributed by atoms with E-state index in [-0.39, 0.29) is 23.8 Å². The molecule has 2 aromatic carbocycles. The maximum atomic E-state index is 12.0. The van der Waals surface area contributed by atoms with Crippen molar-refractivity contribution < 1.29 is 33.3 Å². The Hall–Kier alpha value is -4.61. The highest BCUT2D eigenvalue weighted by Gasteiger charge is 2.32. The fourth-order valence-electron chi connectivity index (χ4n) is 10.2. The molecule has 67 heavy (non-hydrogen) atoms. The number of piperidine rings is 2. The van der Waals surface area contributed by atoms with Crippen LogP contribution in [0.25, 0.3) is 21.5 Å². The van der Waals surface area contributed by atoms with Crippen LogP contribution >= 0.6 is 0 Å². The number of nitrogens with zero attached hydrogens (tertiary/aromatic N) is 3. The third-order valence-electron chi connectivity index (χ3n) is 14.5. The summed E-state index contributed by atoms with van der Waals surface area (Å²) in [5, 5.41) is 7.56. The predicted molar refractivity (Wildman–Crippen MR) is 267 cm³/mol. The van der Waals surface area contributed by atoms with E-state index in [1.54, 1.807) is 12.3 Å². The number of hydrogen-bond acceptors (Lipinski definition) is 11. The first kappa shape index (κ1) is 51.8. The van der Waals surface area contributed by atoms with E-state index in [0.29, 0.717) is 41.9 Å². The minimum atomic E-state index is -0.0405. The molecule has 366 valence electrons. The van der Waals surface area contributed by atoms with Gasteiger partial charge in [-0.2, -0.15) is 0 Å². The number of fused-ring (bicyclic) bond motifs is 2. The van der Waals surface area contributed by atoms with Gasteiger partial charge in [-0.05, 0) is 187 Å². The zero-order valence-electron chi connectivity index (χ0n) is 41.9. The van der Waals surface area contributed by atoms with Crippen molar-refractivity contribution in [2.45, 2.75) is 151 Å². The van der Waals surface area contributed by atoms with Crippen LogP contribution in [0.15, 0.2) is 60.9 Å². The summed E-state index contributed by atoms with van der Waals surface area (Å²) in [6, 6.07) is 16.4. The van der Waals surface area contributed by atoms with E-state index in [0.717, 1.165) is 136 Å². The topological polar surface area (TPSA) is 129 Å². The van der Waals surface area contributed by atoms with Gasteiger partial charge in [-0.15, -0.1) is 0 Å². The standard InChI is InChI=1S/C28H40N2O3.C20H25NO2.C8H15NO2/c1-5-32-27(31)20-12-14-30(15-13-20)19-24-16-21-6-9-26(17-22(21)18-29-24)33-25-10-7-23(8-11-25)28(2,3)4;1-20(2,3)16-5-8-18(9-6-16)23-19-7-4-14-10-17(13-22)21-12-15(14)11-19;1-2-11-8(10)7-3-5-9-6-4-7/h6,9,16-18,20,23,25H,5,7-8,10-15,19H2,1-4H3;4,7,10-13,16,18H,5-6,8-9H2,1-3H3;7,9H,2-6H2,1H3. The predicted octanol–water partition coefficient (Wildman–Crippen LogP) is 11.6. The van der Waals surface area contributed by atoms with Crippen molar-refractivity contribution in [1.82, 2.24) is 20.2 Å². The number of aromatic nitrogens is 2. The van der Waals surface area contributed by atoms with Crippen molar-refractivity contribution in [3.05, 3.63) is 72.3 Å². The Morgan fingerprint density at radius 2 is 1.07 bits per heavy atom. The largest absolute Gasteiger partial charge is 0.490 e. The number of carbonyl (C=O) groups excluding carboxylic acids is 3. The molecule has 2 aromatic heterocycles. The summed E-state index contributed by atoms with van der Waals surface area (Å²) in [6.07, 6.45) is 18.2. The number of likely N-dealkylation sites (tertiary alicyclic amines) is 1. The third kappa shape index (κ3) is 15.7. The molecule has 4 heterocycles. The second-order valence-electron chi connectivity index (χ2n) is 21.4. The van der Waals surface area contributed by atoms with Gasteiger partial charge in [0.15, 0.2) is 6.29 Å². The molecule has 1 N–H and O–H groups in total. The normalized spacial score (nSPS) is 22.1. The molecule has 0 bridgehead atoms. The van der Waals surface area contributed by atoms with Crippen molar-refractivity contribution in [2.75, 3.05) is 39.4 Å². The average Bonchev–Trinajstić information content (AvgIpc) is 3.32. The van der Waals surface area contributed by atoms with Crippen LogP contribution in [-0.2, 0) is 25.6 Å². The van der Waals surface area contributed by atoms with Crippen LogP contribution in [0.3, 0.4) is 0 Å². The van der Waals surface area contributed by atoms with Crippen molar-refractivity contribution >= 4 is 39.8 Å². The number of rotatable bonds is 11. The van der Waals surface area contributed by atoms with E-state index in [4.69, 9.17) is 23.9 Å². The minimum Gasteiger partial charge on any atom is -0.490 e. The first-order valence-electron chi connectivity index (χ1n) is 25.4. The second kappa shape index (κ2) is 24.6. The summed E-state index contributed by atoms with van der Waals surface area (Å²) in [7, 11) is 0. The summed E-state index contributed by atoms with van der Waals surface area (Å²) in [4.78, 5) is 45.1. The molecular weight excluding hydrogens is 841 g/mol. The van der Waals surface area contributed by atoms with Crippen LogP contribution in [0.2, 0.25) is 0 Å². The lowest BCUT2D eigenvalue weighted by Gasteiger charge is -2.37. The number of esters is 2. The number of pyridine rings is 2. The lowest BCUT2D eigenvalue weighted by atomic mass is 9.72. The Labute approximate surface area is 400 Å². The molecule has 0 unspecified atom stereocenters. The van der Waals surface area contributed by atoms with Crippen molar-refractivity contribution in [2.24, 2.45) is 34.5 Å². The average molecular weight is 921 g/mol. The Balaban J connectivity index is 0.000000188. The van der Waals surface area contributed by atoms with Crippen molar-refractivity contribution in [3.63, 3.8) is 0 Å². The SMILES string of the molecule is CC(C)(C)C1CCC(Oc2ccc3cc(C=O)ncc3c2)CC1.CCOC(=O)C1CCN(Cc2cc3ccc(OC4CCC(C(C)(C)C)CC4)cc3cn2)CC1.CCOC(=O)C1CCNCC1. The van der Waals surface area contributed by atoms with Crippen LogP contribution in [0.4, 0.5) is 0 Å². The maximum Gasteiger partial charge on any atom is 0.309 e. The molecule has 4 aliphatic rings. The lowest BCUT2D eigenvalue weighted by Crippen LogP contribution is -2.36. The number of ether oxygens (including phenoxy) is 4. The zero-order valence-corrected chi connectivity index (χ0v) is 41.9. The molecular formula is C56H80N4O7. The molecule has 0 spiro atoms. The monoisotopic (exact) mass is 921 g/mol. The number of carbonyl (C=O) groups is 3. The van der Waals surface area contributed by atoms with E-state index >= 15 is 0 Å². The lowest BCUT2D eigenvalue weighted by molar-refractivity contribution is -0.150. The number of aldehydes is 1. The maximum absolute atomic E-state index is 12.0.